The van der Waals surface area contributed by atoms with E-state index in [0.717, 1.165) is 0 Å². The number of β-amino-alcohol motifs (C(OH)–C–C–N with tert-alkyl or cyclic N) is 1. The first-order valence-electron chi connectivity index (χ1n) is 6.99. The van der Waals surface area contributed by atoms with Crippen molar-refractivity contribution in [2.45, 2.75) is 18.6 Å². The zero-order valence-corrected chi connectivity index (χ0v) is 11.7. The molecule has 22 heavy (non-hydrogen) atoms. The fraction of sp³-hybridized carbons (Fsp3) is 0.235. The highest BCUT2D eigenvalue weighted by Crippen LogP contribution is 2.38. The summed E-state index contributed by atoms with van der Waals surface area (Å²) >= 11 is 0. The van der Waals surface area contributed by atoms with E-state index in [1.165, 1.54) is 24.3 Å². The maximum absolute atomic E-state index is 13.8. The van der Waals surface area contributed by atoms with Gasteiger partial charge in [0.05, 0.1) is 17.8 Å². The monoisotopic (exact) mass is 300 g/mol. The molecule has 1 saturated heterocycles. The highest BCUT2D eigenvalue weighted by molar-refractivity contribution is 5.62. The van der Waals surface area contributed by atoms with Crippen LogP contribution in [0.1, 0.15) is 23.6 Å². The Morgan fingerprint density at radius 3 is 2.68 bits per heavy atom. The van der Waals surface area contributed by atoms with Crippen LogP contribution in [0.2, 0.25) is 0 Å². The second-order valence-electron chi connectivity index (χ2n) is 5.36. The summed E-state index contributed by atoms with van der Waals surface area (Å²) in [5.41, 5.74) is 1.07. The molecule has 5 heteroatoms. The van der Waals surface area contributed by atoms with Crippen LogP contribution in [-0.2, 0) is 0 Å². The minimum absolute atomic E-state index is 0.0574. The van der Waals surface area contributed by atoms with Crippen LogP contribution in [0.5, 0.6) is 0 Å². The first kappa shape index (κ1) is 14.5. The second kappa shape index (κ2) is 5.74. The first-order valence-corrected chi connectivity index (χ1v) is 6.99. The lowest BCUT2D eigenvalue weighted by Crippen LogP contribution is -2.25. The second-order valence-corrected chi connectivity index (χ2v) is 5.36. The van der Waals surface area contributed by atoms with E-state index in [-0.39, 0.29) is 24.0 Å². The van der Waals surface area contributed by atoms with Crippen LogP contribution in [-0.4, -0.2) is 17.8 Å². The Morgan fingerprint density at radius 2 is 1.95 bits per heavy atom. The minimum Gasteiger partial charge on any atom is -0.391 e. The van der Waals surface area contributed by atoms with Gasteiger partial charge in [-0.25, -0.2) is 8.78 Å². The summed E-state index contributed by atoms with van der Waals surface area (Å²) in [6, 6.07) is 12.1. The van der Waals surface area contributed by atoms with E-state index in [2.05, 4.69) is 0 Å². The summed E-state index contributed by atoms with van der Waals surface area (Å²) in [5.74, 6) is -0.960. The number of aliphatic hydroxyl groups is 1. The molecule has 0 amide bonds. The third kappa shape index (κ3) is 2.53. The molecule has 1 fully saturated rings. The van der Waals surface area contributed by atoms with Crippen LogP contribution in [0.3, 0.4) is 0 Å². The van der Waals surface area contributed by atoms with E-state index >= 15 is 0 Å². The maximum Gasteiger partial charge on any atom is 0.143 e. The molecular weight excluding hydrogens is 286 g/mol. The van der Waals surface area contributed by atoms with Crippen molar-refractivity contribution in [3.05, 3.63) is 65.2 Å². The molecule has 3 nitrogen and oxygen atoms in total. The summed E-state index contributed by atoms with van der Waals surface area (Å²) in [5, 5.41) is 19.2. The van der Waals surface area contributed by atoms with Gasteiger partial charge < -0.3 is 10.0 Å². The van der Waals surface area contributed by atoms with E-state index in [9.17, 15) is 19.1 Å². The topological polar surface area (TPSA) is 47.3 Å². The Kier molecular flexibility index (Phi) is 3.78. The van der Waals surface area contributed by atoms with Gasteiger partial charge in [-0.3, -0.25) is 0 Å². The van der Waals surface area contributed by atoms with E-state index in [4.69, 9.17) is 0 Å². The van der Waals surface area contributed by atoms with Crippen LogP contribution in [0, 0.1) is 23.0 Å². The molecule has 1 aliphatic heterocycles. The number of nitriles is 1. The smallest absolute Gasteiger partial charge is 0.143 e. The molecule has 0 unspecified atom stereocenters. The van der Waals surface area contributed by atoms with Crippen molar-refractivity contribution in [2.75, 3.05) is 11.4 Å². The molecule has 0 saturated carbocycles. The minimum atomic E-state index is -0.608. The van der Waals surface area contributed by atoms with Gasteiger partial charge in [0, 0.05) is 6.54 Å². The quantitative estimate of drug-likeness (QED) is 0.927. The molecule has 1 N–H and O–H groups in total. The van der Waals surface area contributed by atoms with Crippen molar-refractivity contribution < 1.29 is 13.9 Å². The Hall–Kier alpha value is -2.45. The van der Waals surface area contributed by atoms with Crippen LogP contribution < -0.4 is 4.90 Å². The third-order valence-electron chi connectivity index (χ3n) is 3.93. The number of anilines is 1. The molecule has 112 valence electrons. The highest BCUT2D eigenvalue weighted by Gasteiger charge is 2.34. The van der Waals surface area contributed by atoms with Gasteiger partial charge in [-0.05, 0) is 36.2 Å². The predicted octanol–water partition coefficient (Wildman–Crippen LogP) is 3.15. The molecule has 1 heterocycles. The lowest BCUT2D eigenvalue weighted by Gasteiger charge is -2.27. The molecular formula is C17H14F2N2O. The molecule has 1 aliphatic rings. The molecule has 0 aliphatic carbocycles. The largest absolute Gasteiger partial charge is 0.391 e. The summed E-state index contributed by atoms with van der Waals surface area (Å²) in [7, 11) is 0. The number of halogens is 2. The lowest BCUT2D eigenvalue weighted by molar-refractivity contribution is 0.194. The van der Waals surface area contributed by atoms with Gasteiger partial charge in [-0.2, -0.15) is 5.26 Å². The predicted molar refractivity (Wildman–Crippen MR) is 78.2 cm³/mol. The number of aliphatic hydroxyl groups excluding tert-OH is 1. The number of hydrogen-bond acceptors (Lipinski definition) is 3. The van der Waals surface area contributed by atoms with Gasteiger partial charge in [0.15, 0.2) is 0 Å². The number of nitrogens with zero attached hydrogens (tertiary/aromatic N) is 2. The number of hydrogen-bond donors (Lipinski definition) is 1. The van der Waals surface area contributed by atoms with Crippen LogP contribution in [0.4, 0.5) is 14.5 Å². The summed E-state index contributed by atoms with van der Waals surface area (Å²) < 4.78 is 27.3. The fourth-order valence-corrected chi connectivity index (χ4v) is 2.97. The number of benzene rings is 2. The van der Waals surface area contributed by atoms with Gasteiger partial charge in [0.1, 0.15) is 23.3 Å². The molecule has 2 aromatic rings. The van der Waals surface area contributed by atoms with Gasteiger partial charge in [0.25, 0.3) is 0 Å². The molecule has 2 aromatic carbocycles. The van der Waals surface area contributed by atoms with Crippen LogP contribution in [0.25, 0.3) is 0 Å². The Bertz CT molecular complexity index is 742. The van der Waals surface area contributed by atoms with E-state index < -0.39 is 11.9 Å². The lowest BCUT2D eigenvalue weighted by atomic mass is 10.0. The van der Waals surface area contributed by atoms with Gasteiger partial charge in [0.2, 0.25) is 0 Å². The average molecular weight is 300 g/mol. The molecule has 3 rings (SSSR count). The Balaban J connectivity index is 2.06. The fourth-order valence-electron chi connectivity index (χ4n) is 2.97. The Labute approximate surface area is 127 Å². The summed E-state index contributed by atoms with van der Waals surface area (Å²) in [6.45, 7) is 0.277. The van der Waals surface area contributed by atoms with Crippen LogP contribution in [0.15, 0.2) is 42.5 Å². The van der Waals surface area contributed by atoms with Crippen molar-refractivity contribution in [1.29, 1.82) is 5.26 Å². The van der Waals surface area contributed by atoms with E-state index in [1.807, 2.05) is 6.07 Å². The average Bonchev–Trinajstić information content (AvgIpc) is 2.89. The molecule has 0 spiro atoms. The highest BCUT2D eigenvalue weighted by atomic mass is 19.1. The van der Waals surface area contributed by atoms with E-state index in [0.29, 0.717) is 17.7 Å². The summed E-state index contributed by atoms with van der Waals surface area (Å²) in [6.07, 6.45) is -0.201. The molecule has 2 atom stereocenters. The summed E-state index contributed by atoms with van der Waals surface area (Å²) in [4.78, 5) is 1.76. The van der Waals surface area contributed by atoms with Crippen molar-refractivity contribution in [1.82, 2.24) is 0 Å². The maximum atomic E-state index is 13.8. The van der Waals surface area contributed by atoms with Crippen molar-refractivity contribution >= 4 is 5.69 Å². The zero-order chi connectivity index (χ0) is 15.7. The zero-order valence-electron chi connectivity index (χ0n) is 11.7. The standard InChI is InChI=1S/C17H14F2N2O/c18-12-4-1-3-11(7-12)17-8-13(22)10-21(17)16-6-2-5-15(19)14(16)9-20/h1-7,13,17,22H,8,10H2/t13-,17-/m0/s1. The van der Waals surface area contributed by atoms with Crippen LogP contribution >= 0.6 is 0 Å². The molecule has 0 aromatic heterocycles. The normalized spacial score (nSPS) is 20.9. The van der Waals surface area contributed by atoms with Gasteiger partial charge >= 0.3 is 0 Å². The SMILES string of the molecule is N#Cc1c(F)cccc1N1C[C@@H](O)C[C@H]1c1cccc(F)c1. The van der Waals surface area contributed by atoms with Crippen molar-refractivity contribution in [3.8, 4) is 6.07 Å². The van der Waals surface area contributed by atoms with E-state index in [1.54, 1.807) is 23.1 Å². The Morgan fingerprint density at radius 1 is 1.18 bits per heavy atom. The third-order valence-corrected chi connectivity index (χ3v) is 3.93. The van der Waals surface area contributed by atoms with Crippen molar-refractivity contribution in [2.24, 2.45) is 0 Å². The molecule has 0 bridgehead atoms. The first-order chi connectivity index (χ1) is 10.6. The molecule has 0 radical (unpaired) electrons. The van der Waals surface area contributed by atoms with Crippen molar-refractivity contribution in [3.63, 3.8) is 0 Å². The van der Waals surface area contributed by atoms with Gasteiger partial charge in [-0.1, -0.05) is 18.2 Å². The number of rotatable bonds is 2. The van der Waals surface area contributed by atoms with Gasteiger partial charge in [-0.15, -0.1) is 0 Å².